The number of aromatic nitrogens is 2. The fraction of sp³-hybridized carbons (Fsp3) is 0.176. The Hall–Kier alpha value is -2.49. The van der Waals surface area contributed by atoms with E-state index in [1.54, 1.807) is 24.3 Å². The summed E-state index contributed by atoms with van der Waals surface area (Å²) in [6.45, 7) is -0.231. The Kier molecular flexibility index (Phi) is 5.73. The zero-order valence-corrected chi connectivity index (χ0v) is 15.7. The van der Waals surface area contributed by atoms with E-state index in [0.717, 1.165) is 6.07 Å². The Morgan fingerprint density at radius 3 is 2.78 bits per heavy atom. The summed E-state index contributed by atoms with van der Waals surface area (Å²) in [6.07, 6.45) is 0. The first-order valence-corrected chi connectivity index (χ1v) is 9.78. The SMILES string of the molecule is COc1cccc(-c2noc(CNS(=O)(=O)Cc3c(F)cccc3Cl)n2)c1. The van der Waals surface area contributed by atoms with Gasteiger partial charge in [0.15, 0.2) is 0 Å². The number of nitrogens with one attached hydrogen (secondary N) is 1. The molecule has 0 bridgehead atoms. The fourth-order valence-electron chi connectivity index (χ4n) is 2.29. The third-order valence-electron chi connectivity index (χ3n) is 3.64. The minimum atomic E-state index is -3.87. The Morgan fingerprint density at radius 1 is 1.26 bits per heavy atom. The van der Waals surface area contributed by atoms with Crippen LogP contribution in [0.4, 0.5) is 4.39 Å². The van der Waals surface area contributed by atoms with Crippen molar-refractivity contribution in [3.05, 3.63) is 64.8 Å². The quantitative estimate of drug-likeness (QED) is 0.641. The molecule has 0 radical (unpaired) electrons. The molecule has 0 unspecified atom stereocenters. The van der Waals surface area contributed by atoms with Crippen LogP contribution in [0.2, 0.25) is 5.02 Å². The van der Waals surface area contributed by atoms with Gasteiger partial charge in [0.05, 0.1) is 19.4 Å². The molecule has 0 aliphatic heterocycles. The monoisotopic (exact) mass is 411 g/mol. The van der Waals surface area contributed by atoms with Gasteiger partial charge in [-0.25, -0.2) is 17.5 Å². The minimum absolute atomic E-state index is 0.0403. The van der Waals surface area contributed by atoms with Crippen molar-refractivity contribution in [2.45, 2.75) is 12.3 Å². The van der Waals surface area contributed by atoms with Gasteiger partial charge >= 0.3 is 0 Å². The van der Waals surface area contributed by atoms with E-state index in [4.69, 9.17) is 20.9 Å². The van der Waals surface area contributed by atoms with Crippen LogP contribution in [-0.4, -0.2) is 25.7 Å². The average Bonchev–Trinajstić information content (AvgIpc) is 3.13. The van der Waals surface area contributed by atoms with Gasteiger partial charge in [-0.15, -0.1) is 0 Å². The highest BCUT2D eigenvalue weighted by Crippen LogP contribution is 2.22. The molecule has 142 valence electrons. The van der Waals surface area contributed by atoms with E-state index < -0.39 is 21.6 Å². The number of sulfonamides is 1. The van der Waals surface area contributed by atoms with Crippen LogP contribution in [0.3, 0.4) is 0 Å². The van der Waals surface area contributed by atoms with Crippen LogP contribution >= 0.6 is 11.6 Å². The number of nitrogens with zero attached hydrogens (tertiary/aromatic N) is 2. The molecule has 1 aromatic heterocycles. The molecule has 0 saturated heterocycles. The lowest BCUT2D eigenvalue weighted by Crippen LogP contribution is -2.25. The lowest BCUT2D eigenvalue weighted by Gasteiger charge is -2.07. The number of benzene rings is 2. The smallest absolute Gasteiger partial charge is 0.242 e. The van der Waals surface area contributed by atoms with Crippen LogP contribution in [0, 0.1) is 5.82 Å². The van der Waals surface area contributed by atoms with Crippen LogP contribution in [0.5, 0.6) is 5.75 Å². The molecule has 1 N–H and O–H groups in total. The van der Waals surface area contributed by atoms with Gasteiger partial charge in [0, 0.05) is 16.1 Å². The zero-order valence-electron chi connectivity index (χ0n) is 14.1. The number of hydrogen-bond acceptors (Lipinski definition) is 6. The number of halogens is 2. The predicted octanol–water partition coefficient (Wildman–Crippen LogP) is 3.16. The molecule has 0 spiro atoms. The molecular weight excluding hydrogens is 397 g/mol. The highest BCUT2D eigenvalue weighted by Gasteiger charge is 2.19. The number of rotatable bonds is 7. The van der Waals surface area contributed by atoms with Crippen molar-refractivity contribution in [3.8, 4) is 17.1 Å². The van der Waals surface area contributed by atoms with Gasteiger partial charge in [0.25, 0.3) is 0 Å². The minimum Gasteiger partial charge on any atom is -0.497 e. The van der Waals surface area contributed by atoms with Crippen LogP contribution in [0.1, 0.15) is 11.5 Å². The highest BCUT2D eigenvalue weighted by atomic mass is 35.5. The van der Waals surface area contributed by atoms with E-state index in [0.29, 0.717) is 17.1 Å². The molecule has 0 atom stereocenters. The topological polar surface area (TPSA) is 94.3 Å². The van der Waals surface area contributed by atoms with Crippen molar-refractivity contribution >= 4 is 21.6 Å². The second-order valence-corrected chi connectivity index (χ2v) is 7.74. The summed E-state index contributed by atoms with van der Waals surface area (Å²) >= 11 is 5.87. The van der Waals surface area contributed by atoms with Gasteiger partial charge in [-0.2, -0.15) is 4.98 Å². The Balaban J connectivity index is 1.69. The van der Waals surface area contributed by atoms with Crippen molar-refractivity contribution in [2.24, 2.45) is 0 Å². The van der Waals surface area contributed by atoms with Crippen molar-refractivity contribution in [1.82, 2.24) is 14.9 Å². The summed E-state index contributed by atoms with van der Waals surface area (Å²) in [6, 6.07) is 11.0. The standard InChI is InChI=1S/C17H15ClFN3O4S/c1-25-12-5-2-4-11(8-12)17-21-16(26-22-17)9-20-27(23,24)10-13-14(18)6-3-7-15(13)19/h2-8,20H,9-10H2,1H3. The third-order valence-corrected chi connectivity index (χ3v) is 5.24. The van der Waals surface area contributed by atoms with E-state index in [1.807, 2.05) is 0 Å². The summed E-state index contributed by atoms with van der Waals surface area (Å²) in [5.74, 6) is -0.307. The van der Waals surface area contributed by atoms with Crippen molar-refractivity contribution in [2.75, 3.05) is 7.11 Å². The highest BCUT2D eigenvalue weighted by molar-refractivity contribution is 7.88. The molecule has 0 saturated carbocycles. The molecular formula is C17H15ClFN3O4S. The number of ether oxygens (including phenoxy) is 1. The lowest BCUT2D eigenvalue weighted by atomic mass is 10.2. The normalized spacial score (nSPS) is 11.5. The van der Waals surface area contributed by atoms with Crippen LogP contribution in [-0.2, 0) is 22.3 Å². The molecule has 3 aromatic rings. The van der Waals surface area contributed by atoms with Gasteiger partial charge in [-0.3, -0.25) is 0 Å². The van der Waals surface area contributed by atoms with Crippen molar-refractivity contribution in [1.29, 1.82) is 0 Å². The van der Waals surface area contributed by atoms with Crippen molar-refractivity contribution < 1.29 is 22.1 Å². The largest absolute Gasteiger partial charge is 0.497 e. The summed E-state index contributed by atoms with van der Waals surface area (Å²) in [5, 5.41) is 3.86. The number of hydrogen-bond donors (Lipinski definition) is 1. The molecule has 27 heavy (non-hydrogen) atoms. The van der Waals surface area contributed by atoms with Crippen LogP contribution < -0.4 is 9.46 Å². The molecule has 2 aromatic carbocycles. The van der Waals surface area contributed by atoms with Crippen LogP contribution in [0.15, 0.2) is 47.0 Å². The van der Waals surface area contributed by atoms with Gasteiger partial charge < -0.3 is 9.26 Å². The molecule has 0 amide bonds. The Labute approximate surface area is 160 Å². The summed E-state index contributed by atoms with van der Waals surface area (Å²) < 4.78 is 50.6. The maximum Gasteiger partial charge on any atom is 0.242 e. The Bertz CT molecular complexity index is 1040. The van der Waals surface area contributed by atoms with Crippen molar-refractivity contribution in [3.63, 3.8) is 0 Å². The van der Waals surface area contributed by atoms with E-state index in [-0.39, 0.29) is 23.0 Å². The first-order chi connectivity index (χ1) is 12.9. The molecule has 1 heterocycles. The van der Waals surface area contributed by atoms with Gasteiger partial charge in [0.1, 0.15) is 11.6 Å². The molecule has 0 aliphatic rings. The zero-order chi connectivity index (χ0) is 19.4. The first kappa shape index (κ1) is 19.3. The lowest BCUT2D eigenvalue weighted by molar-refractivity contribution is 0.375. The van der Waals surface area contributed by atoms with Gasteiger partial charge in [-0.1, -0.05) is 35.0 Å². The summed E-state index contributed by atoms with van der Waals surface area (Å²) in [5.41, 5.74) is 0.555. The molecule has 3 rings (SSSR count). The first-order valence-electron chi connectivity index (χ1n) is 7.75. The summed E-state index contributed by atoms with van der Waals surface area (Å²) in [7, 11) is -2.33. The second-order valence-electron chi connectivity index (χ2n) is 5.52. The van der Waals surface area contributed by atoms with Crippen LogP contribution in [0.25, 0.3) is 11.4 Å². The van der Waals surface area contributed by atoms with E-state index in [1.165, 1.54) is 19.2 Å². The second kappa shape index (κ2) is 8.03. The third kappa shape index (κ3) is 4.82. The summed E-state index contributed by atoms with van der Waals surface area (Å²) in [4.78, 5) is 4.14. The maximum absolute atomic E-state index is 13.8. The van der Waals surface area contributed by atoms with Gasteiger partial charge in [-0.05, 0) is 24.3 Å². The number of methoxy groups -OCH3 is 1. The molecule has 7 nitrogen and oxygen atoms in total. The molecule has 0 fully saturated rings. The van der Waals surface area contributed by atoms with E-state index in [2.05, 4.69) is 14.9 Å². The maximum atomic E-state index is 13.8. The van der Waals surface area contributed by atoms with Gasteiger partial charge in [0.2, 0.25) is 21.7 Å². The van der Waals surface area contributed by atoms with E-state index >= 15 is 0 Å². The Morgan fingerprint density at radius 2 is 2.04 bits per heavy atom. The molecule has 0 aliphatic carbocycles. The average molecular weight is 412 g/mol. The van der Waals surface area contributed by atoms with E-state index in [9.17, 15) is 12.8 Å². The fourth-order valence-corrected chi connectivity index (χ4v) is 3.72. The predicted molar refractivity (Wildman–Crippen MR) is 97.2 cm³/mol. The molecule has 10 heteroatoms.